The fraction of sp³-hybridized carbons (Fsp3) is 0.269. The van der Waals surface area contributed by atoms with E-state index >= 15 is 0 Å². The number of hydrogen-bond acceptors (Lipinski definition) is 4. The van der Waals surface area contributed by atoms with Crippen molar-refractivity contribution < 1.29 is 24.2 Å². The molecular formula is C26H28NO4+. The maximum atomic E-state index is 10.6. The van der Waals surface area contributed by atoms with Crippen molar-refractivity contribution in [2.45, 2.75) is 38.1 Å². The maximum Gasteiger partial charge on any atom is 0.253 e. The third-order valence-electron chi connectivity index (χ3n) is 5.31. The minimum Gasteiger partial charge on any atom is -0.370 e. The summed E-state index contributed by atoms with van der Waals surface area (Å²) in [6, 6.07) is 29.6. The Balaban J connectivity index is 1.40. The summed E-state index contributed by atoms with van der Waals surface area (Å²) in [4.78, 5) is 0. The molecule has 0 fully saturated rings. The van der Waals surface area contributed by atoms with E-state index in [1.165, 1.54) is 4.74 Å². The molecule has 1 heterocycles. The van der Waals surface area contributed by atoms with Gasteiger partial charge in [0.25, 0.3) is 6.04 Å². The van der Waals surface area contributed by atoms with Gasteiger partial charge in [0, 0.05) is 0 Å². The Labute approximate surface area is 183 Å². The zero-order valence-corrected chi connectivity index (χ0v) is 17.4. The van der Waals surface area contributed by atoms with E-state index in [-0.39, 0.29) is 18.2 Å². The molecule has 3 aromatic rings. The first-order valence-corrected chi connectivity index (χ1v) is 10.5. The van der Waals surface area contributed by atoms with Crippen LogP contribution in [0.15, 0.2) is 91.0 Å². The van der Waals surface area contributed by atoms with Crippen LogP contribution in [0.4, 0.5) is 0 Å². The summed E-state index contributed by atoms with van der Waals surface area (Å²) in [5.74, 6) is 0. The molecular weight excluding hydrogens is 390 g/mol. The first-order chi connectivity index (χ1) is 15.3. The van der Waals surface area contributed by atoms with Crippen LogP contribution in [0.5, 0.6) is 0 Å². The number of hydroxylamine groups is 1. The zero-order chi connectivity index (χ0) is 21.3. The van der Waals surface area contributed by atoms with Gasteiger partial charge in [-0.2, -0.15) is 0 Å². The van der Waals surface area contributed by atoms with Crippen molar-refractivity contribution in [1.29, 1.82) is 0 Å². The summed E-state index contributed by atoms with van der Waals surface area (Å²) in [7, 11) is 0. The summed E-state index contributed by atoms with van der Waals surface area (Å²) in [6.45, 7) is 1.69. The molecule has 3 atom stereocenters. The molecule has 1 aliphatic heterocycles. The van der Waals surface area contributed by atoms with Crippen molar-refractivity contribution in [3.63, 3.8) is 0 Å². The smallest absolute Gasteiger partial charge is 0.253 e. The highest BCUT2D eigenvalue weighted by molar-refractivity contribution is 5.60. The van der Waals surface area contributed by atoms with Gasteiger partial charge in [0.15, 0.2) is 12.2 Å². The van der Waals surface area contributed by atoms with Crippen LogP contribution in [0.3, 0.4) is 0 Å². The van der Waals surface area contributed by atoms with Crippen molar-refractivity contribution >= 4 is 6.21 Å². The fourth-order valence-electron chi connectivity index (χ4n) is 3.64. The molecule has 0 radical (unpaired) electrons. The zero-order valence-electron chi connectivity index (χ0n) is 17.4. The van der Waals surface area contributed by atoms with Gasteiger partial charge in [0.2, 0.25) is 6.21 Å². The van der Waals surface area contributed by atoms with Crippen LogP contribution in [0.1, 0.15) is 16.7 Å². The quantitative estimate of drug-likeness (QED) is 0.396. The normalized spacial score (nSPS) is 20.5. The average molecular weight is 419 g/mol. The second kappa shape index (κ2) is 10.9. The summed E-state index contributed by atoms with van der Waals surface area (Å²) in [5.41, 5.74) is 3.24. The molecule has 3 aromatic carbocycles. The van der Waals surface area contributed by atoms with Gasteiger partial charge in [0.1, 0.15) is 6.61 Å². The molecule has 0 amide bonds. The molecule has 0 spiro atoms. The minimum atomic E-state index is -0.376. The number of benzene rings is 3. The predicted octanol–water partition coefficient (Wildman–Crippen LogP) is 4.23. The van der Waals surface area contributed by atoms with Crippen molar-refractivity contribution in [2.24, 2.45) is 0 Å². The highest BCUT2D eigenvalue weighted by atomic mass is 16.6. The fourth-order valence-corrected chi connectivity index (χ4v) is 3.64. The van der Waals surface area contributed by atoms with Gasteiger partial charge in [-0.1, -0.05) is 91.0 Å². The number of rotatable bonds is 10. The van der Waals surface area contributed by atoms with E-state index < -0.39 is 0 Å². The molecule has 0 aromatic heterocycles. The molecule has 160 valence electrons. The van der Waals surface area contributed by atoms with Crippen molar-refractivity contribution in [3.05, 3.63) is 108 Å². The molecule has 5 nitrogen and oxygen atoms in total. The Hall–Kier alpha value is -2.99. The van der Waals surface area contributed by atoms with E-state index in [0.717, 1.165) is 16.7 Å². The van der Waals surface area contributed by atoms with E-state index in [2.05, 4.69) is 0 Å². The highest BCUT2D eigenvalue weighted by Crippen LogP contribution is 2.20. The van der Waals surface area contributed by atoms with E-state index in [1.54, 1.807) is 6.21 Å². The molecule has 4 rings (SSSR count). The Morgan fingerprint density at radius 1 is 0.645 bits per heavy atom. The van der Waals surface area contributed by atoms with Crippen molar-refractivity contribution in [1.82, 2.24) is 0 Å². The van der Waals surface area contributed by atoms with Crippen molar-refractivity contribution in [3.8, 4) is 0 Å². The lowest BCUT2D eigenvalue weighted by Gasteiger charge is -2.21. The van der Waals surface area contributed by atoms with Gasteiger partial charge < -0.3 is 14.2 Å². The summed E-state index contributed by atoms with van der Waals surface area (Å²) < 4.78 is 19.4. The van der Waals surface area contributed by atoms with Gasteiger partial charge in [-0.05, 0) is 21.4 Å². The van der Waals surface area contributed by atoms with Crippen LogP contribution in [0.25, 0.3) is 0 Å². The molecule has 1 aliphatic rings. The molecule has 0 saturated carbocycles. The number of ether oxygens (including phenoxy) is 3. The van der Waals surface area contributed by atoms with Crippen molar-refractivity contribution in [2.75, 3.05) is 6.61 Å². The lowest BCUT2D eigenvalue weighted by molar-refractivity contribution is -0.795. The first kappa shape index (κ1) is 21.2. The van der Waals surface area contributed by atoms with Crippen LogP contribution < -0.4 is 0 Å². The lowest BCUT2D eigenvalue weighted by Crippen LogP contribution is -2.41. The van der Waals surface area contributed by atoms with Gasteiger partial charge in [-0.15, -0.1) is 0 Å². The molecule has 5 heteroatoms. The Morgan fingerprint density at radius 3 is 1.68 bits per heavy atom. The van der Waals surface area contributed by atoms with E-state index in [4.69, 9.17) is 14.2 Å². The Kier molecular flexibility index (Phi) is 7.45. The molecule has 0 unspecified atom stereocenters. The van der Waals surface area contributed by atoms with E-state index in [1.807, 2.05) is 91.0 Å². The maximum absolute atomic E-state index is 10.6. The summed E-state index contributed by atoms with van der Waals surface area (Å²) >= 11 is 0. The predicted molar refractivity (Wildman–Crippen MR) is 118 cm³/mol. The number of hydrogen-bond donors (Lipinski definition) is 1. The molecule has 0 saturated heterocycles. The van der Waals surface area contributed by atoms with Crippen LogP contribution in [0.2, 0.25) is 0 Å². The van der Waals surface area contributed by atoms with Gasteiger partial charge in [-0.3, -0.25) is 5.21 Å². The summed E-state index contributed by atoms with van der Waals surface area (Å²) in [5, 5.41) is 10.6. The minimum absolute atomic E-state index is 0.326. The van der Waals surface area contributed by atoms with Gasteiger partial charge >= 0.3 is 0 Å². The largest absolute Gasteiger partial charge is 0.370 e. The second-order valence-corrected chi connectivity index (χ2v) is 7.62. The molecule has 0 bridgehead atoms. The van der Waals surface area contributed by atoms with Crippen LogP contribution >= 0.6 is 0 Å². The molecule has 31 heavy (non-hydrogen) atoms. The first-order valence-electron chi connectivity index (χ1n) is 10.5. The van der Waals surface area contributed by atoms with Gasteiger partial charge in [-0.25, -0.2) is 0 Å². The van der Waals surface area contributed by atoms with Crippen LogP contribution in [-0.2, 0) is 34.0 Å². The van der Waals surface area contributed by atoms with Crippen LogP contribution in [0, 0.1) is 0 Å². The topological polar surface area (TPSA) is 50.9 Å². The van der Waals surface area contributed by atoms with Gasteiger partial charge in [0.05, 0.1) is 19.8 Å². The highest BCUT2D eigenvalue weighted by Gasteiger charge is 2.47. The van der Waals surface area contributed by atoms with Crippen LogP contribution in [-0.4, -0.2) is 41.0 Å². The average Bonchev–Trinajstić information content (AvgIpc) is 3.12. The number of nitrogens with zero attached hydrogens (tertiary/aromatic N) is 1. The monoisotopic (exact) mass is 418 g/mol. The second-order valence-electron chi connectivity index (χ2n) is 7.62. The standard InChI is InChI=1S/C26H28NO4/c28-27-16-25(30-18-22-12-6-2-7-13-22)26(31-19-23-14-8-3-9-15-23)24(27)20-29-17-21-10-4-1-5-11-21/h1-16,24-26,28H,17-20H2/q+1/t24-,25-,26+/m1/s1. The Morgan fingerprint density at radius 2 is 1.13 bits per heavy atom. The molecule has 0 aliphatic carbocycles. The van der Waals surface area contributed by atoms with E-state index in [9.17, 15) is 5.21 Å². The van der Waals surface area contributed by atoms with E-state index in [0.29, 0.717) is 26.4 Å². The Bertz CT molecular complexity index is 947. The third kappa shape index (κ3) is 6.01. The third-order valence-corrected chi connectivity index (χ3v) is 5.31. The molecule has 1 N–H and O–H groups in total. The summed E-state index contributed by atoms with van der Waals surface area (Å²) in [6.07, 6.45) is 0.943. The SMILES string of the molecule is O[N+]1=C[C@@H](OCc2ccccc2)[C@@H](OCc2ccccc2)[C@H]1COCc1ccccc1. The lowest BCUT2D eigenvalue weighted by atomic mass is 10.1.